The highest BCUT2D eigenvalue weighted by Crippen LogP contribution is 2.47. The largest absolute Gasteiger partial charge is 0.489 e. The fourth-order valence-corrected chi connectivity index (χ4v) is 4.06. The summed E-state index contributed by atoms with van der Waals surface area (Å²) in [4.78, 5) is 10.7. The maximum Gasteiger partial charge on any atom is 0.307 e. The highest BCUT2D eigenvalue weighted by molar-refractivity contribution is 5.68. The molecule has 1 N–H and O–H groups in total. The number of carboxylic acids is 1. The molecule has 0 amide bonds. The normalized spacial score (nSPS) is 19.7. The molecule has 1 fully saturated rings. The Morgan fingerprint density at radius 2 is 2.07 bits per heavy atom. The summed E-state index contributed by atoms with van der Waals surface area (Å²) in [6.45, 7) is 2.41. The Hall–Kier alpha value is -2.21. The van der Waals surface area contributed by atoms with E-state index in [0.29, 0.717) is 24.2 Å². The van der Waals surface area contributed by atoms with E-state index >= 15 is 0 Å². The molecule has 1 spiro atoms. The molecule has 0 bridgehead atoms. The van der Waals surface area contributed by atoms with Crippen molar-refractivity contribution in [1.82, 2.24) is 0 Å². The lowest BCUT2D eigenvalue weighted by Crippen LogP contribution is -2.27. The third kappa shape index (κ3) is 7.91. The van der Waals surface area contributed by atoms with Crippen molar-refractivity contribution in [3.8, 4) is 11.8 Å². The lowest BCUT2D eigenvalue weighted by molar-refractivity contribution is -0.136. The van der Waals surface area contributed by atoms with E-state index in [-0.39, 0.29) is 6.42 Å². The van der Waals surface area contributed by atoms with Crippen LogP contribution in [0.4, 0.5) is 0 Å². The standard InChI is InChI=1S/C24H32O3/c1-2-3-4-5-7-13-22(14-10-15-23(25)26)27-20-21-12-11-18-24(19-21)16-8-6-9-17-24/h5,7,10,12-14H,4,6,8-9,11,15-20H2,1H3,(H,25,26)/b7-5+,14-10-,22-13+. The second kappa shape index (κ2) is 11.5. The lowest BCUT2D eigenvalue weighted by Gasteiger charge is -2.40. The van der Waals surface area contributed by atoms with Gasteiger partial charge >= 0.3 is 5.97 Å². The molecule has 0 unspecified atom stereocenters. The number of hydrogen-bond acceptors (Lipinski definition) is 2. The monoisotopic (exact) mass is 368 g/mol. The molecule has 1 saturated carbocycles. The van der Waals surface area contributed by atoms with Crippen molar-refractivity contribution in [3.63, 3.8) is 0 Å². The summed E-state index contributed by atoms with van der Waals surface area (Å²) in [5.41, 5.74) is 1.90. The lowest BCUT2D eigenvalue weighted by atomic mass is 9.65. The second-order valence-corrected chi connectivity index (χ2v) is 7.56. The number of aliphatic carboxylic acids is 1. The van der Waals surface area contributed by atoms with Gasteiger partial charge in [0.15, 0.2) is 0 Å². The van der Waals surface area contributed by atoms with Crippen LogP contribution in [0.25, 0.3) is 0 Å². The van der Waals surface area contributed by atoms with E-state index in [2.05, 4.69) is 17.9 Å². The Balaban J connectivity index is 1.94. The zero-order valence-electron chi connectivity index (χ0n) is 16.5. The quantitative estimate of drug-likeness (QED) is 0.249. The summed E-state index contributed by atoms with van der Waals surface area (Å²) in [7, 11) is 0. The predicted octanol–water partition coefficient (Wildman–Crippen LogP) is 5.95. The number of ether oxygens (including phenoxy) is 1. The van der Waals surface area contributed by atoms with Crippen molar-refractivity contribution < 1.29 is 14.6 Å². The van der Waals surface area contributed by atoms with Crippen LogP contribution in [0.2, 0.25) is 0 Å². The highest BCUT2D eigenvalue weighted by atomic mass is 16.5. The van der Waals surface area contributed by atoms with Crippen LogP contribution >= 0.6 is 0 Å². The molecule has 3 nitrogen and oxygen atoms in total. The molecule has 0 saturated heterocycles. The Bertz CT molecular complexity index is 661. The average Bonchev–Trinajstić information content (AvgIpc) is 2.66. The summed E-state index contributed by atoms with van der Waals surface area (Å²) in [5.74, 6) is 5.70. The first-order chi connectivity index (χ1) is 13.1. The van der Waals surface area contributed by atoms with Gasteiger partial charge in [0, 0.05) is 6.42 Å². The van der Waals surface area contributed by atoms with Crippen molar-refractivity contribution in [2.45, 2.75) is 71.1 Å². The molecule has 0 atom stereocenters. The molecule has 27 heavy (non-hydrogen) atoms. The number of rotatable bonds is 8. The highest BCUT2D eigenvalue weighted by Gasteiger charge is 2.34. The van der Waals surface area contributed by atoms with Crippen molar-refractivity contribution in [3.05, 3.63) is 47.8 Å². The molecule has 0 heterocycles. The maximum absolute atomic E-state index is 10.7. The first-order valence-electron chi connectivity index (χ1n) is 10.1. The molecule has 0 aliphatic heterocycles. The van der Waals surface area contributed by atoms with Gasteiger partial charge in [-0.15, -0.1) is 5.92 Å². The van der Waals surface area contributed by atoms with Gasteiger partial charge in [-0.1, -0.05) is 49.5 Å². The SMILES string of the molecule is CC#CC/C=C/C=C(\C=C/CC(=O)O)OCC1=CCCC2(CCCCC2)C1. The first-order valence-corrected chi connectivity index (χ1v) is 10.1. The summed E-state index contributed by atoms with van der Waals surface area (Å²) in [6.07, 6.45) is 22.6. The molecule has 0 aromatic heterocycles. The van der Waals surface area contributed by atoms with Crippen molar-refractivity contribution in [2.75, 3.05) is 6.61 Å². The van der Waals surface area contributed by atoms with Gasteiger partial charge in [-0.3, -0.25) is 4.79 Å². The Labute approximate surface area is 163 Å². The number of carboxylic acid groups (broad SMARTS) is 1. The van der Waals surface area contributed by atoms with E-state index in [1.54, 1.807) is 12.2 Å². The fourth-order valence-electron chi connectivity index (χ4n) is 4.06. The first kappa shape index (κ1) is 21.1. The fraction of sp³-hybridized carbons (Fsp3) is 0.542. The van der Waals surface area contributed by atoms with Crippen molar-refractivity contribution >= 4 is 5.97 Å². The van der Waals surface area contributed by atoms with Gasteiger partial charge in [-0.05, 0) is 62.2 Å². The van der Waals surface area contributed by atoms with Gasteiger partial charge in [0.2, 0.25) is 0 Å². The molecule has 2 aliphatic rings. The average molecular weight is 369 g/mol. The van der Waals surface area contributed by atoms with Crippen LogP contribution in [0.15, 0.2) is 47.8 Å². The van der Waals surface area contributed by atoms with Gasteiger partial charge in [0.25, 0.3) is 0 Å². The smallest absolute Gasteiger partial charge is 0.307 e. The maximum atomic E-state index is 10.7. The minimum Gasteiger partial charge on any atom is -0.489 e. The zero-order valence-corrected chi connectivity index (χ0v) is 16.5. The molecular formula is C24H32O3. The van der Waals surface area contributed by atoms with E-state index < -0.39 is 5.97 Å². The van der Waals surface area contributed by atoms with E-state index in [1.807, 2.05) is 25.2 Å². The van der Waals surface area contributed by atoms with E-state index in [0.717, 1.165) is 12.8 Å². The molecule has 146 valence electrons. The Morgan fingerprint density at radius 3 is 2.81 bits per heavy atom. The van der Waals surface area contributed by atoms with Crippen LogP contribution in [0.5, 0.6) is 0 Å². The molecule has 0 aromatic rings. The Kier molecular flexibility index (Phi) is 8.98. The van der Waals surface area contributed by atoms with Gasteiger partial charge < -0.3 is 9.84 Å². The van der Waals surface area contributed by atoms with Crippen LogP contribution < -0.4 is 0 Å². The van der Waals surface area contributed by atoms with E-state index in [4.69, 9.17) is 9.84 Å². The summed E-state index contributed by atoms with van der Waals surface area (Å²) in [6, 6.07) is 0. The summed E-state index contributed by atoms with van der Waals surface area (Å²) < 4.78 is 6.03. The molecular weight excluding hydrogens is 336 g/mol. The minimum absolute atomic E-state index is 0.00245. The predicted molar refractivity (Wildman–Crippen MR) is 110 cm³/mol. The Morgan fingerprint density at radius 1 is 1.26 bits per heavy atom. The zero-order chi connectivity index (χ0) is 19.4. The van der Waals surface area contributed by atoms with Crippen LogP contribution in [0.1, 0.15) is 71.1 Å². The van der Waals surface area contributed by atoms with Crippen LogP contribution in [-0.4, -0.2) is 17.7 Å². The van der Waals surface area contributed by atoms with Crippen LogP contribution in [0, 0.1) is 17.3 Å². The number of carbonyl (C=O) groups is 1. The summed E-state index contributed by atoms with van der Waals surface area (Å²) in [5, 5.41) is 8.82. The molecule has 0 radical (unpaired) electrons. The van der Waals surface area contributed by atoms with E-state index in [9.17, 15) is 4.79 Å². The summed E-state index contributed by atoms with van der Waals surface area (Å²) >= 11 is 0. The third-order valence-corrected chi connectivity index (χ3v) is 5.42. The molecule has 3 heteroatoms. The van der Waals surface area contributed by atoms with Crippen LogP contribution in [-0.2, 0) is 9.53 Å². The minimum atomic E-state index is -0.839. The number of allylic oxidation sites excluding steroid dienone is 5. The van der Waals surface area contributed by atoms with Gasteiger partial charge in [-0.25, -0.2) is 0 Å². The third-order valence-electron chi connectivity index (χ3n) is 5.42. The second-order valence-electron chi connectivity index (χ2n) is 7.56. The van der Waals surface area contributed by atoms with Gasteiger partial charge in [0.05, 0.1) is 6.42 Å². The van der Waals surface area contributed by atoms with Crippen molar-refractivity contribution in [1.29, 1.82) is 0 Å². The molecule has 2 aliphatic carbocycles. The molecule has 0 aromatic carbocycles. The topological polar surface area (TPSA) is 46.5 Å². The van der Waals surface area contributed by atoms with Crippen molar-refractivity contribution in [2.24, 2.45) is 5.41 Å². The molecule has 2 rings (SSSR count). The number of hydrogen-bond donors (Lipinski definition) is 1. The van der Waals surface area contributed by atoms with Gasteiger partial charge in [-0.2, -0.15) is 0 Å². The van der Waals surface area contributed by atoms with Crippen LogP contribution in [0.3, 0.4) is 0 Å². The van der Waals surface area contributed by atoms with Gasteiger partial charge in [0.1, 0.15) is 12.4 Å². The van der Waals surface area contributed by atoms with E-state index in [1.165, 1.54) is 44.1 Å².